The van der Waals surface area contributed by atoms with Gasteiger partial charge < -0.3 is 15.2 Å². The highest BCUT2D eigenvalue weighted by atomic mass is 19.1. The third-order valence-corrected chi connectivity index (χ3v) is 3.67. The summed E-state index contributed by atoms with van der Waals surface area (Å²) in [5, 5.41) is 0. The number of methoxy groups -OCH3 is 1. The number of hydrogen-bond acceptors (Lipinski definition) is 3. The first-order valence-corrected chi connectivity index (χ1v) is 6.84. The first-order valence-electron chi connectivity index (χ1n) is 6.84. The molecule has 0 radical (unpaired) electrons. The van der Waals surface area contributed by atoms with Crippen molar-refractivity contribution in [3.05, 3.63) is 29.6 Å². The average Bonchev–Trinajstić information content (AvgIpc) is 2.41. The molecule has 1 aromatic rings. The van der Waals surface area contributed by atoms with E-state index in [2.05, 4.69) is 0 Å². The van der Waals surface area contributed by atoms with E-state index in [9.17, 15) is 4.39 Å². The summed E-state index contributed by atoms with van der Waals surface area (Å²) >= 11 is 0. The summed E-state index contributed by atoms with van der Waals surface area (Å²) in [6, 6.07) is 4.30. The molecule has 0 amide bonds. The van der Waals surface area contributed by atoms with Gasteiger partial charge in [-0.1, -0.05) is 0 Å². The molecule has 0 heterocycles. The standard InChI is InChI=1S/C15H22FNO2/c1-10(17)14-8-11(16)6-7-15(14)19-13-5-3-4-12(9-13)18-2/h6-8,10,12-13H,3-5,9,17H2,1-2H3. The van der Waals surface area contributed by atoms with Gasteiger partial charge in [0, 0.05) is 25.1 Å². The van der Waals surface area contributed by atoms with Crippen LogP contribution in [0.25, 0.3) is 0 Å². The number of nitrogens with two attached hydrogens (primary N) is 1. The van der Waals surface area contributed by atoms with Crippen LogP contribution in [0.3, 0.4) is 0 Å². The Balaban J connectivity index is 2.10. The Hall–Kier alpha value is -1.13. The van der Waals surface area contributed by atoms with Crippen LogP contribution < -0.4 is 10.5 Å². The molecular formula is C15H22FNO2. The van der Waals surface area contributed by atoms with Gasteiger partial charge in [-0.05, 0) is 44.4 Å². The zero-order chi connectivity index (χ0) is 13.8. The quantitative estimate of drug-likeness (QED) is 0.911. The van der Waals surface area contributed by atoms with Gasteiger partial charge in [-0.25, -0.2) is 4.39 Å². The van der Waals surface area contributed by atoms with E-state index in [-0.39, 0.29) is 24.1 Å². The van der Waals surface area contributed by atoms with E-state index in [4.69, 9.17) is 15.2 Å². The molecule has 0 bridgehead atoms. The van der Waals surface area contributed by atoms with Gasteiger partial charge in [0.2, 0.25) is 0 Å². The average molecular weight is 267 g/mol. The van der Waals surface area contributed by atoms with E-state index < -0.39 is 0 Å². The van der Waals surface area contributed by atoms with Gasteiger partial charge in [0.15, 0.2) is 0 Å². The molecule has 0 saturated heterocycles. The van der Waals surface area contributed by atoms with E-state index in [0.717, 1.165) is 31.2 Å². The number of ether oxygens (including phenoxy) is 2. The minimum atomic E-state index is -0.280. The normalized spacial score (nSPS) is 25.1. The number of rotatable bonds is 4. The Morgan fingerprint density at radius 1 is 1.32 bits per heavy atom. The minimum Gasteiger partial charge on any atom is -0.490 e. The summed E-state index contributed by atoms with van der Waals surface area (Å²) in [5.74, 6) is 0.413. The molecular weight excluding hydrogens is 245 g/mol. The van der Waals surface area contributed by atoms with Gasteiger partial charge in [-0.2, -0.15) is 0 Å². The second kappa shape index (κ2) is 6.35. The summed E-state index contributed by atoms with van der Waals surface area (Å²) in [7, 11) is 1.73. The maximum absolute atomic E-state index is 13.3. The largest absolute Gasteiger partial charge is 0.490 e. The van der Waals surface area contributed by atoms with Crippen LogP contribution >= 0.6 is 0 Å². The van der Waals surface area contributed by atoms with Crippen molar-refractivity contribution in [3.8, 4) is 5.75 Å². The lowest BCUT2D eigenvalue weighted by Crippen LogP contribution is -2.30. The molecule has 1 aliphatic rings. The van der Waals surface area contributed by atoms with Crippen LogP contribution in [-0.4, -0.2) is 19.3 Å². The van der Waals surface area contributed by atoms with E-state index in [0.29, 0.717) is 5.75 Å². The van der Waals surface area contributed by atoms with Crippen molar-refractivity contribution in [1.82, 2.24) is 0 Å². The molecule has 3 atom stereocenters. The fourth-order valence-electron chi connectivity index (χ4n) is 2.59. The molecule has 0 spiro atoms. The molecule has 2 rings (SSSR count). The third kappa shape index (κ3) is 3.67. The number of halogens is 1. The van der Waals surface area contributed by atoms with Crippen molar-refractivity contribution in [2.75, 3.05) is 7.11 Å². The first-order chi connectivity index (χ1) is 9.10. The summed E-state index contributed by atoms with van der Waals surface area (Å²) < 4.78 is 24.7. The first kappa shape index (κ1) is 14.3. The predicted octanol–water partition coefficient (Wildman–Crippen LogP) is 3.18. The van der Waals surface area contributed by atoms with Crippen LogP contribution in [0.4, 0.5) is 4.39 Å². The molecule has 1 aliphatic carbocycles. The van der Waals surface area contributed by atoms with Crippen molar-refractivity contribution in [2.45, 2.75) is 50.9 Å². The van der Waals surface area contributed by atoms with Gasteiger partial charge in [0.05, 0.1) is 6.10 Å². The molecule has 0 aromatic heterocycles. The maximum Gasteiger partial charge on any atom is 0.124 e. The Morgan fingerprint density at radius 2 is 2.05 bits per heavy atom. The summed E-state index contributed by atoms with van der Waals surface area (Å²) in [6.45, 7) is 1.83. The summed E-state index contributed by atoms with van der Waals surface area (Å²) in [6.07, 6.45) is 4.46. The lowest BCUT2D eigenvalue weighted by molar-refractivity contribution is 0.0205. The van der Waals surface area contributed by atoms with Crippen LogP contribution in [0.1, 0.15) is 44.2 Å². The van der Waals surface area contributed by atoms with E-state index in [1.165, 1.54) is 12.1 Å². The van der Waals surface area contributed by atoms with Crippen molar-refractivity contribution < 1.29 is 13.9 Å². The Morgan fingerprint density at radius 3 is 2.74 bits per heavy atom. The number of benzene rings is 1. The van der Waals surface area contributed by atoms with Gasteiger partial charge in [-0.3, -0.25) is 0 Å². The molecule has 0 aliphatic heterocycles. The number of hydrogen-bond donors (Lipinski definition) is 1. The predicted molar refractivity (Wildman–Crippen MR) is 72.7 cm³/mol. The van der Waals surface area contributed by atoms with Crippen LogP contribution in [0, 0.1) is 5.82 Å². The Labute approximate surface area is 113 Å². The van der Waals surface area contributed by atoms with E-state index in [1.54, 1.807) is 13.2 Å². The summed E-state index contributed by atoms with van der Waals surface area (Å²) in [4.78, 5) is 0. The van der Waals surface area contributed by atoms with Crippen LogP contribution in [0.15, 0.2) is 18.2 Å². The Kier molecular flexibility index (Phi) is 4.77. The highest BCUT2D eigenvalue weighted by Crippen LogP contribution is 2.30. The van der Waals surface area contributed by atoms with Gasteiger partial charge >= 0.3 is 0 Å². The van der Waals surface area contributed by atoms with Gasteiger partial charge in [0.1, 0.15) is 17.7 Å². The molecule has 1 saturated carbocycles. The molecule has 1 fully saturated rings. The third-order valence-electron chi connectivity index (χ3n) is 3.67. The van der Waals surface area contributed by atoms with E-state index >= 15 is 0 Å². The van der Waals surface area contributed by atoms with Crippen LogP contribution in [0.5, 0.6) is 5.75 Å². The molecule has 19 heavy (non-hydrogen) atoms. The summed E-state index contributed by atoms with van der Waals surface area (Å²) in [5.41, 5.74) is 6.59. The second-order valence-corrected chi connectivity index (χ2v) is 5.23. The fraction of sp³-hybridized carbons (Fsp3) is 0.600. The molecule has 1 aromatic carbocycles. The van der Waals surface area contributed by atoms with Gasteiger partial charge in [0.25, 0.3) is 0 Å². The lowest BCUT2D eigenvalue weighted by atomic mass is 9.94. The molecule has 3 unspecified atom stereocenters. The van der Waals surface area contributed by atoms with E-state index in [1.807, 2.05) is 6.92 Å². The highest BCUT2D eigenvalue weighted by Gasteiger charge is 2.24. The zero-order valence-electron chi connectivity index (χ0n) is 11.6. The topological polar surface area (TPSA) is 44.5 Å². The molecule has 2 N–H and O–H groups in total. The van der Waals surface area contributed by atoms with Crippen LogP contribution in [-0.2, 0) is 4.74 Å². The van der Waals surface area contributed by atoms with Crippen molar-refractivity contribution in [1.29, 1.82) is 0 Å². The van der Waals surface area contributed by atoms with Crippen LogP contribution in [0.2, 0.25) is 0 Å². The molecule has 3 nitrogen and oxygen atoms in total. The smallest absolute Gasteiger partial charge is 0.124 e. The van der Waals surface area contributed by atoms with Crippen molar-refractivity contribution in [3.63, 3.8) is 0 Å². The monoisotopic (exact) mass is 267 g/mol. The fourth-order valence-corrected chi connectivity index (χ4v) is 2.59. The van der Waals surface area contributed by atoms with Gasteiger partial charge in [-0.15, -0.1) is 0 Å². The maximum atomic E-state index is 13.3. The van der Waals surface area contributed by atoms with Crippen molar-refractivity contribution >= 4 is 0 Å². The van der Waals surface area contributed by atoms with Crippen molar-refractivity contribution in [2.24, 2.45) is 5.73 Å². The zero-order valence-corrected chi connectivity index (χ0v) is 11.6. The highest BCUT2D eigenvalue weighted by molar-refractivity contribution is 5.36. The second-order valence-electron chi connectivity index (χ2n) is 5.23. The Bertz CT molecular complexity index is 423. The lowest BCUT2D eigenvalue weighted by Gasteiger charge is -2.29. The minimum absolute atomic E-state index is 0.127. The SMILES string of the molecule is COC1CCCC(Oc2ccc(F)cc2C(C)N)C1. The molecule has 4 heteroatoms. The molecule has 106 valence electrons.